The third-order valence-corrected chi connectivity index (χ3v) is 2.65. The lowest BCUT2D eigenvalue weighted by Gasteiger charge is -2.20. The van der Waals surface area contributed by atoms with E-state index in [1.807, 2.05) is 13.0 Å². The Balaban J connectivity index is 2.45. The molecule has 0 fully saturated rings. The summed E-state index contributed by atoms with van der Waals surface area (Å²) in [4.78, 5) is 0. The lowest BCUT2D eigenvalue weighted by Crippen LogP contribution is -2.15. The van der Waals surface area contributed by atoms with Gasteiger partial charge in [0.25, 0.3) is 0 Å². The van der Waals surface area contributed by atoms with Gasteiger partial charge in [-0.1, -0.05) is 11.6 Å². The summed E-state index contributed by atoms with van der Waals surface area (Å²) in [7, 11) is 0. The van der Waals surface area contributed by atoms with Crippen molar-refractivity contribution in [1.29, 1.82) is 0 Å². The van der Waals surface area contributed by atoms with Crippen molar-refractivity contribution in [2.45, 2.75) is 12.3 Å². The zero-order valence-electron chi connectivity index (χ0n) is 7.72. The largest absolute Gasteiger partial charge is 0.486 e. The van der Waals surface area contributed by atoms with E-state index in [-0.39, 0.29) is 5.38 Å². The molecule has 14 heavy (non-hydrogen) atoms. The molecule has 4 heteroatoms. The fraction of sp³-hybridized carbons (Fsp3) is 0.400. The molecule has 0 aromatic heterocycles. The van der Waals surface area contributed by atoms with Crippen LogP contribution in [0.5, 0.6) is 11.5 Å². The van der Waals surface area contributed by atoms with E-state index < -0.39 is 0 Å². The zero-order chi connectivity index (χ0) is 10.1. The third kappa shape index (κ3) is 1.77. The van der Waals surface area contributed by atoms with Crippen LogP contribution in [0.4, 0.5) is 0 Å². The van der Waals surface area contributed by atoms with Crippen LogP contribution in [0.2, 0.25) is 5.02 Å². The monoisotopic (exact) mass is 232 g/mol. The van der Waals surface area contributed by atoms with E-state index in [1.54, 1.807) is 6.07 Å². The molecule has 1 heterocycles. The minimum Gasteiger partial charge on any atom is -0.486 e. The number of halogens is 2. The third-order valence-electron chi connectivity index (χ3n) is 2.09. The molecule has 1 aromatic carbocycles. The summed E-state index contributed by atoms with van der Waals surface area (Å²) in [5.41, 5.74) is 0.873. The molecule has 0 saturated heterocycles. The first kappa shape index (κ1) is 9.94. The van der Waals surface area contributed by atoms with Gasteiger partial charge in [-0.2, -0.15) is 0 Å². The van der Waals surface area contributed by atoms with E-state index in [9.17, 15) is 0 Å². The van der Waals surface area contributed by atoms with Crippen LogP contribution in [0.3, 0.4) is 0 Å². The number of benzene rings is 1. The molecule has 2 nitrogen and oxygen atoms in total. The molecular formula is C10H10Cl2O2. The summed E-state index contributed by atoms with van der Waals surface area (Å²) in [6.07, 6.45) is 0. The second-order valence-corrected chi connectivity index (χ2v) is 4.20. The van der Waals surface area contributed by atoms with Crippen LogP contribution in [-0.4, -0.2) is 13.2 Å². The lowest BCUT2D eigenvalue weighted by atomic mass is 10.1. The first-order valence-corrected chi connectivity index (χ1v) is 5.23. The Morgan fingerprint density at radius 3 is 2.36 bits per heavy atom. The van der Waals surface area contributed by atoms with Crippen LogP contribution in [0.1, 0.15) is 17.9 Å². The maximum absolute atomic E-state index is 6.04. The Hall–Kier alpha value is -0.600. The van der Waals surface area contributed by atoms with Crippen molar-refractivity contribution in [3.63, 3.8) is 0 Å². The van der Waals surface area contributed by atoms with Gasteiger partial charge in [0.2, 0.25) is 0 Å². The minimum atomic E-state index is -0.127. The molecule has 0 N–H and O–H groups in total. The summed E-state index contributed by atoms with van der Waals surface area (Å²) < 4.78 is 10.8. The minimum absolute atomic E-state index is 0.127. The van der Waals surface area contributed by atoms with E-state index in [0.717, 1.165) is 11.3 Å². The summed E-state index contributed by atoms with van der Waals surface area (Å²) >= 11 is 12.0. The summed E-state index contributed by atoms with van der Waals surface area (Å²) in [6.45, 7) is 3.02. The van der Waals surface area contributed by atoms with E-state index in [2.05, 4.69) is 0 Å². The van der Waals surface area contributed by atoms with E-state index in [0.29, 0.717) is 24.0 Å². The molecule has 1 aliphatic heterocycles. The van der Waals surface area contributed by atoms with Gasteiger partial charge in [-0.25, -0.2) is 0 Å². The fourth-order valence-electron chi connectivity index (χ4n) is 1.38. The van der Waals surface area contributed by atoms with Crippen molar-refractivity contribution in [3.05, 3.63) is 22.7 Å². The van der Waals surface area contributed by atoms with Crippen LogP contribution in [0, 0.1) is 0 Å². The van der Waals surface area contributed by atoms with Crippen LogP contribution < -0.4 is 9.47 Å². The van der Waals surface area contributed by atoms with Crippen molar-refractivity contribution in [1.82, 2.24) is 0 Å². The SMILES string of the molecule is CC(Cl)c1cc2c(cc1Cl)OCCO2. The zero-order valence-corrected chi connectivity index (χ0v) is 9.23. The Labute approximate surface area is 92.7 Å². The second kappa shape index (κ2) is 3.87. The Bertz CT molecular complexity index is 350. The molecule has 0 radical (unpaired) electrons. The molecule has 2 rings (SSSR count). The molecule has 0 aliphatic carbocycles. The molecule has 0 spiro atoms. The molecular weight excluding hydrogens is 223 g/mol. The van der Waals surface area contributed by atoms with Crippen molar-refractivity contribution in [2.75, 3.05) is 13.2 Å². The average Bonchev–Trinajstić information content (AvgIpc) is 2.16. The number of hydrogen-bond donors (Lipinski definition) is 0. The smallest absolute Gasteiger partial charge is 0.162 e. The highest BCUT2D eigenvalue weighted by atomic mass is 35.5. The fourth-order valence-corrected chi connectivity index (χ4v) is 1.94. The van der Waals surface area contributed by atoms with Crippen LogP contribution in [-0.2, 0) is 0 Å². The standard InChI is InChI=1S/C10H10Cl2O2/c1-6(11)7-4-9-10(5-8(7)12)14-3-2-13-9/h4-6H,2-3H2,1H3. The first-order valence-electron chi connectivity index (χ1n) is 4.41. The van der Waals surface area contributed by atoms with Crippen LogP contribution in [0.25, 0.3) is 0 Å². The Morgan fingerprint density at radius 1 is 1.21 bits per heavy atom. The number of rotatable bonds is 1. The van der Waals surface area contributed by atoms with Gasteiger partial charge < -0.3 is 9.47 Å². The molecule has 1 atom stereocenters. The maximum Gasteiger partial charge on any atom is 0.162 e. The second-order valence-electron chi connectivity index (χ2n) is 3.13. The molecule has 1 aliphatic rings. The number of hydrogen-bond acceptors (Lipinski definition) is 2. The summed E-state index contributed by atoms with van der Waals surface area (Å²) in [5, 5.41) is 0.495. The van der Waals surface area contributed by atoms with Crippen LogP contribution >= 0.6 is 23.2 Å². The Kier molecular flexibility index (Phi) is 2.75. The van der Waals surface area contributed by atoms with Gasteiger partial charge in [0.15, 0.2) is 11.5 Å². The highest BCUT2D eigenvalue weighted by molar-refractivity contribution is 6.33. The molecule has 0 amide bonds. The molecule has 0 saturated carbocycles. The Morgan fingerprint density at radius 2 is 1.79 bits per heavy atom. The number of fused-ring (bicyclic) bond motifs is 1. The summed E-state index contributed by atoms with van der Waals surface area (Å²) in [5.74, 6) is 1.42. The van der Waals surface area contributed by atoms with Gasteiger partial charge in [-0.3, -0.25) is 0 Å². The molecule has 1 unspecified atom stereocenters. The number of alkyl halides is 1. The lowest BCUT2D eigenvalue weighted by molar-refractivity contribution is 0.171. The highest BCUT2D eigenvalue weighted by Gasteiger charge is 2.16. The average molecular weight is 233 g/mol. The van der Waals surface area contributed by atoms with Crippen molar-refractivity contribution in [2.24, 2.45) is 0 Å². The molecule has 76 valence electrons. The predicted molar refractivity (Wildman–Crippen MR) is 56.7 cm³/mol. The maximum atomic E-state index is 6.04. The van der Waals surface area contributed by atoms with E-state index in [1.165, 1.54) is 0 Å². The topological polar surface area (TPSA) is 18.5 Å². The first-order chi connectivity index (χ1) is 6.68. The highest BCUT2D eigenvalue weighted by Crippen LogP contribution is 2.38. The van der Waals surface area contributed by atoms with Gasteiger partial charge >= 0.3 is 0 Å². The van der Waals surface area contributed by atoms with Gasteiger partial charge in [-0.15, -0.1) is 11.6 Å². The van der Waals surface area contributed by atoms with E-state index >= 15 is 0 Å². The van der Waals surface area contributed by atoms with Crippen molar-refractivity contribution < 1.29 is 9.47 Å². The van der Waals surface area contributed by atoms with E-state index in [4.69, 9.17) is 32.7 Å². The van der Waals surface area contributed by atoms with Crippen LogP contribution in [0.15, 0.2) is 12.1 Å². The number of ether oxygens (including phenoxy) is 2. The van der Waals surface area contributed by atoms with Gasteiger partial charge in [-0.05, 0) is 18.6 Å². The predicted octanol–water partition coefficient (Wildman–Crippen LogP) is 3.41. The molecule has 0 bridgehead atoms. The van der Waals surface area contributed by atoms with Gasteiger partial charge in [0, 0.05) is 11.1 Å². The summed E-state index contributed by atoms with van der Waals surface area (Å²) in [6, 6.07) is 3.60. The normalized spacial score (nSPS) is 16.5. The van der Waals surface area contributed by atoms with Crippen molar-refractivity contribution in [3.8, 4) is 11.5 Å². The quantitative estimate of drug-likeness (QED) is 0.692. The van der Waals surface area contributed by atoms with Gasteiger partial charge in [0.05, 0.1) is 5.38 Å². The van der Waals surface area contributed by atoms with Gasteiger partial charge in [0.1, 0.15) is 13.2 Å². The van der Waals surface area contributed by atoms with Crippen molar-refractivity contribution >= 4 is 23.2 Å². The molecule has 1 aromatic rings.